The SMILES string of the molecule is CC[N+]1(CC)CCN(c2ccc(C(=O)Nc3ccccn3)cc2)CC1. The number of piperazine rings is 1. The highest BCUT2D eigenvalue weighted by atomic mass is 16.1. The van der Waals surface area contributed by atoms with Crippen LogP contribution in [-0.4, -0.2) is 54.6 Å². The Bertz CT molecular complexity index is 685. The van der Waals surface area contributed by atoms with Gasteiger partial charge >= 0.3 is 0 Å². The van der Waals surface area contributed by atoms with Crippen LogP contribution in [0, 0.1) is 0 Å². The van der Waals surface area contributed by atoms with Gasteiger partial charge in [-0.2, -0.15) is 0 Å². The third-order valence-corrected chi connectivity index (χ3v) is 5.43. The fraction of sp³-hybridized carbons (Fsp3) is 0.400. The number of rotatable bonds is 5. The molecule has 132 valence electrons. The van der Waals surface area contributed by atoms with Crippen molar-refractivity contribution in [2.24, 2.45) is 0 Å². The Morgan fingerprint density at radius 1 is 1.08 bits per heavy atom. The minimum Gasteiger partial charge on any atom is -0.360 e. The molecule has 0 saturated carbocycles. The fourth-order valence-corrected chi connectivity index (χ4v) is 3.45. The van der Waals surface area contributed by atoms with Gasteiger partial charge in [-0.1, -0.05) is 6.07 Å². The van der Waals surface area contributed by atoms with Gasteiger partial charge in [-0.25, -0.2) is 4.98 Å². The van der Waals surface area contributed by atoms with Crippen LogP contribution in [0.1, 0.15) is 24.2 Å². The average molecular weight is 339 g/mol. The Kier molecular flexibility index (Phi) is 5.34. The number of quaternary nitrogens is 1. The second-order valence-electron chi connectivity index (χ2n) is 6.62. The number of pyridine rings is 1. The van der Waals surface area contributed by atoms with Crippen LogP contribution in [0.2, 0.25) is 0 Å². The first-order valence-electron chi connectivity index (χ1n) is 9.08. The molecule has 0 spiro atoms. The molecule has 1 saturated heterocycles. The van der Waals surface area contributed by atoms with E-state index in [1.54, 1.807) is 12.3 Å². The second-order valence-corrected chi connectivity index (χ2v) is 6.62. The molecule has 0 unspecified atom stereocenters. The van der Waals surface area contributed by atoms with Crippen LogP contribution in [0.5, 0.6) is 0 Å². The van der Waals surface area contributed by atoms with E-state index in [4.69, 9.17) is 0 Å². The number of aromatic nitrogens is 1. The normalized spacial score (nSPS) is 16.5. The lowest BCUT2D eigenvalue weighted by atomic mass is 10.1. The molecule has 0 aliphatic carbocycles. The number of hydrogen-bond acceptors (Lipinski definition) is 3. The summed E-state index contributed by atoms with van der Waals surface area (Å²) in [5, 5.41) is 2.82. The molecular weight excluding hydrogens is 312 g/mol. The third kappa shape index (κ3) is 3.99. The molecule has 0 radical (unpaired) electrons. The Morgan fingerprint density at radius 3 is 2.32 bits per heavy atom. The van der Waals surface area contributed by atoms with Gasteiger partial charge in [0, 0.05) is 17.4 Å². The summed E-state index contributed by atoms with van der Waals surface area (Å²) in [5.74, 6) is 0.442. The molecule has 25 heavy (non-hydrogen) atoms. The molecule has 2 aromatic rings. The molecule has 1 aromatic carbocycles. The van der Waals surface area contributed by atoms with E-state index in [0.717, 1.165) is 13.1 Å². The second kappa shape index (κ2) is 7.66. The van der Waals surface area contributed by atoms with E-state index in [0.29, 0.717) is 11.4 Å². The van der Waals surface area contributed by atoms with E-state index >= 15 is 0 Å². The van der Waals surface area contributed by atoms with Crippen molar-refractivity contribution in [3.05, 3.63) is 54.2 Å². The van der Waals surface area contributed by atoms with Crippen LogP contribution in [0.15, 0.2) is 48.7 Å². The van der Waals surface area contributed by atoms with Crippen molar-refractivity contribution < 1.29 is 9.28 Å². The van der Waals surface area contributed by atoms with E-state index in [-0.39, 0.29) is 5.91 Å². The zero-order chi connectivity index (χ0) is 17.7. The molecule has 1 amide bonds. The summed E-state index contributed by atoms with van der Waals surface area (Å²) in [6, 6.07) is 13.3. The van der Waals surface area contributed by atoms with Gasteiger partial charge in [0.1, 0.15) is 5.82 Å². The number of nitrogens with one attached hydrogen (secondary N) is 1. The Hall–Kier alpha value is -2.40. The number of likely N-dealkylation sites (N-methyl/N-ethyl adjacent to an activating group) is 1. The molecule has 0 atom stereocenters. The molecule has 5 heteroatoms. The van der Waals surface area contributed by atoms with Crippen LogP contribution in [0.4, 0.5) is 11.5 Å². The molecule has 2 heterocycles. The Balaban J connectivity index is 1.62. The summed E-state index contributed by atoms with van der Waals surface area (Å²) in [6.45, 7) is 11.5. The van der Waals surface area contributed by atoms with Crippen molar-refractivity contribution in [3.8, 4) is 0 Å². The highest BCUT2D eigenvalue weighted by Gasteiger charge is 2.29. The molecule has 5 nitrogen and oxygen atoms in total. The zero-order valence-electron chi connectivity index (χ0n) is 15.1. The average Bonchev–Trinajstić information content (AvgIpc) is 2.69. The monoisotopic (exact) mass is 339 g/mol. The minimum absolute atomic E-state index is 0.128. The van der Waals surface area contributed by atoms with Crippen molar-refractivity contribution in [2.75, 3.05) is 49.5 Å². The van der Waals surface area contributed by atoms with Gasteiger partial charge in [0.15, 0.2) is 0 Å². The first-order valence-corrected chi connectivity index (χ1v) is 9.08. The molecule has 1 fully saturated rings. The van der Waals surface area contributed by atoms with Crippen LogP contribution < -0.4 is 10.2 Å². The quantitative estimate of drug-likeness (QED) is 0.852. The van der Waals surface area contributed by atoms with Crippen molar-refractivity contribution >= 4 is 17.4 Å². The number of carbonyl (C=O) groups excluding carboxylic acids is 1. The lowest BCUT2D eigenvalue weighted by Crippen LogP contribution is -2.59. The van der Waals surface area contributed by atoms with Crippen LogP contribution in [0.25, 0.3) is 0 Å². The minimum atomic E-state index is -0.128. The topological polar surface area (TPSA) is 45.2 Å². The largest absolute Gasteiger partial charge is 0.360 e. The standard InChI is InChI=1S/C20H26N4O/c1-3-24(4-2)15-13-23(14-16-24)18-10-8-17(9-11-18)20(25)22-19-7-5-6-12-21-19/h5-12H,3-4,13-16H2,1-2H3/p+1. The van der Waals surface area contributed by atoms with Crippen LogP contribution in [-0.2, 0) is 0 Å². The van der Waals surface area contributed by atoms with Gasteiger partial charge in [0.25, 0.3) is 5.91 Å². The van der Waals surface area contributed by atoms with E-state index in [9.17, 15) is 4.79 Å². The summed E-state index contributed by atoms with van der Waals surface area (Å²) in [5.41, 5.74) is 1.85. The Labute approximate surface area is 149 Å². The number of carbonyl (C=O) groups is 1. The van der Waals surface area contributed by atoms with E-state index in [1.165, 1.54) is 36.3 Å². The van der Waals surface area contributed by atoms with Gasteiger partial charge in [-0.15, -0.1) is 0 Å². The molecule has 1 N–H and O–H groups in total. The molecule has 3 rings (SSSR count). The van der Waals surface area contributed by atoms with Gasteiger partial charge in [-0.05, 0) is 50.2 Å². The number of anilines is 2. The predicted octanol–water partition coefficient (Wildman–Crippen LogP) is 3.01. The lowest BCUT2D eigenvalue weighted by molar-refractivity contribution is -0.925. The number of amides is 1. The Morgan fingerprint density at radius 2 is 1.76 bits per heavy atom. The van der Waals surface area contributed by atoms with Crippen LogP contribution >= 0.6 is 0 Å². The highest BCUT2D eigenvalue weighted by molar-refractivity contribution is 6.03. The fourth-order valence-electron chi connectivity index (χ4n) is 3.45. The van der Waals surface area contributed by atoms with Crippen molar-refractivity contribution in [1.82, 2.24) is 4.98 Å². The zero-order valence-corrected chi connectivity index (χ0v) is 15.1. The maximum Gasteiger partial charge on any atom is 0.256 e. The van der Waals surface area contributed by atoms with E-state index in [1.807, 2.05) is 36.4 Å². The molecule has 1 aliphatic heterocycles. The predicted molar refractivity (Wildman–Crippen MR) is 102 cm³/mol. The van der Waals surface area contributed by atoms with Crippen LogP contribution in [0.3, 0.4) is 0 Å². The van der Waals surface area contributed by atoms with Crippen molar-refractivity contribution in [1.29, 1.82) is 0 Å². The number of benzene rings is 1. The van der Waals surface area contributed by atoms with Gasteiger partial charge in [-0.3, -0.25) is 4.79 Å². The number of hydrogen-bond donors (Lipinski definition) is 1. The number of nitrogens with zero attached hydrogens (tertiary/aromatic N) is 3. The molecular formula is C20H27N4O+. The summed E-state index contributed by atoms with van der Waals surface area (Å²) >= 11 is 0. The first-order chi connectivity index (χ1) is 12.2. The molecule has 1 aliphatic rings. The van der Waals surface area contributed by atoms with E-state index < -0.39 is 0 Å². The van der Waals surface area contributed by atoms with Crippen molar-refractivity contribution in [3.63, 3.8) is 0 Å². The van der Waals surface area contributed by atoms with E-state index in [2.05, 4.69) is 29.0 Å². The lowest BCUT2D eigenvalue weighted by Gasteiger charge is -2.44. The van der Waals surface area contributed by atoms with Gasteiger partial charge in [0.05, 0.1) is 39.3 Å². The van der Waals surface area contributed by atoms with Gasteiger partial charge < -0.3 is 14.7 Å². The maximum atomic E-state index is 12.3. The van der Waals surface area contributed by atoms with Crippen molar-refractivity contribution in [2.45, 2.75) is 13.8 Å². The maximum absolute atomic E-state index is 12.3. The summed E-state index contributed by atoms with van der Waals surface area (Å²) in [4.78, 5) is 18.8. The molecule has 1 aromatic heterocycles. The van der Waals surface area contributed by atoms with Gasteiger partial charge in [0.2, 0.25) is 0 Å². The summed E-state index contributed by atoms with van der Waals surface area (Å²) < 4.78 is 1.21. The third-order valence-electron chi connectivity index (χ3n) is 5.43. The molecule has 0 bridgehead atoms. The highest BCUT2D eigenvalue weighted by Crippen LogP contribution is 2.21. The summed E-state index contributed by atoms with van der Waals surface area (Å²) in [7, 11) is 0. The summed E-state index contributed by atoms with van der Waals surface area (Å²) in [6.07, 6.45) is 1.67. The smallest absolute Gasteiger partial charge is 0.256 e. The first kappa shape index (κ1) is 17.4.